The zero-order valence-electron chi connectivity index (χ0n) is 6.47. The van der Waals surface area contributed by atoms with Gasteiger partial charge in [0.1, 0.15) is 0 Å². The van der Waals surface area contributed by atoms with E-state index in [-0.39, 0.29) is 12.3 Å². The summed E-state index contributed by atoms with van der Waals surface area (Å²) in [6, 6.07) is 1.43. The van der Waals surface area contributed by atoms with Gasteiger partial charge in [0.15, 0.2) is 5.69 Å². The average molecular weight is 170 g/mol. The van der Waals surface area contributed by atoms with Crippen molar-refractivity contribution >= 4 is 5.97 Å². The highest BCUT2D eigenvalue weighted by molar-refractivity contribution is 5.84. The van der Waals surface area contributed by atoms with Crippen LogP contribution in [0.15, 0.2) is 12.3 Å². The second-order valence-corrected chi connectivity index (χ2v) is 2.35. The highest BCUT2D eigenvalue weighted by Gasteiger charge is 2.05. The molecule has 1 heterocycles. The fourth-order valence-electron chi connectivity index (χ4n) is 0.833. The summed E-state index contributed by atoms with van der Waals surface area (Å²) in [5.41, 5.74) is 0.0351. The molecule has 0 atom stereocenters. The molecule has 0 aliphatic rings. The first-order valence-electron chi connectivity index (χ1n) is 3.61. The maximum absolute atomic E-state index is 10.4. The van der Waals surface area contributed by atoms with Gasteiger partial charge >= 0.3 is 5.97 Å². The van der Waals surface area contributed by atoms with Crippen LogP contribution in [0.5, 0.6) is 0 Å². The lowest BCUT2D eigenvalue weighted by molar-refractivity contribution is 0.0689. The summed E-state index contributed by atoms with van der Waals surface area (Å²) < 4.78 is 1.50. The quantitative estimate of drug-likeness (QED) is 0.665. The Kier molecular flexibility index (Phi) is 2.82. The number of aromatic nitrogens is 2. The van der Waals surface area contributed by atoms with Crippen LogP contribution in [0.4, 0.5) is 0 Å². The summed E-state index contributed by atoms with van der Waals surface area (Å²) in [6.45, 7) is 0.631. The normalized spacial score (nSPS) is 10.1. The number of nitrogens with zero attached hydrogens (tertiary/aromatic N) is 2. The molecule has 0 saturated heterocycles. The van der Waals surface area contributed by atoms with Crippen LogP contribution in [0.25, 0.3) is 0 Å². The van der Waals surface area contributed by atoms with Gasteiger partial charge in [-0.2, -0.15) is 5.10 Å². The maximum atomic E-state index is 10.4. The summed E-state index contributed by atoms with van der Waals surface area (Å²) in [5.74, 6) is -1.03. The van der Waals surface area contributed by atoms with Gasteiger partial charge in [0.05, 0.1) is 0 Å². The van der Waals surface area contributed by atoms with Gasteiger partial charge in [-0.05, 0) is 12.5 Å². The third-order valence-corrected chi connectivity index (χ3v) is 1.41. The van der Waals surface area contributed by atoms with Crippen molar-refractivity contribution in [2.24, 2.45) is 0 Å². The summed E-state index contributed by atoms with van der Waals surface area (Å²) in [6.07, 6.45) is 2.17. The standard InChI is InChI=1S/C7H10N2O3/c10-5-1-3-9-4-2-6(8-9)7(11)12/h2,4,10H,1,3,5H2,(H,11,12). The monoisotopic (exact) mass is 170 g/mol. The van der Waals surface area contributed by atoms with Crippen molar-refractivity contribution in [1.29, 1.82) is 0 Å². The molecule has 2 N–H and O–H groups in total. The lowest BCUT2D eigenvalue weighted by Gasteiger charge is -1.96. The molecule has 0 radical (unpaired) electrons. The average Bonchev–Trinajstić information content (AvgIpc) is 2.48. The van der Waals surface area contributed by atoms with Crippen molar-refractivity contribution in [2.75, 3.05) is 6.61 Å². The van der Waals surface area contributed by atoms with E-state index in [4.69, 9.17) is 10.2 Å². The van der Waals surface area contributed by atoms with Crippen molar-refractivity contribution in [2.45, 2.75) is 13.0 Å². The Morgan fingerprint density at radius 3 is 2.92 bits per heavy atom. The Balaban J connectivity index is 2.58. The third kappa shape index (κ3) is 2.06. The number of carbonyl (C=O) groups is 1. The number of hydrogen-bond donors (Lipinski definition) is 2. The maximum Gasteiger partial charge on any atom is 0.356 e. The van der Waals surface area contributed by atoms with Crippen LogP contribution < -0.4 is 0 Å². The lowest BCUT2D eigenvalue weighted by atomic mass is 10.4. The molecule has 0 aliphatic heterocycles. The van der Waals surface area contributed by atoms with E-state index in [2.05, 4.69) is 5.10 Å². The molecule has 1 rings (SSSR count). The smallest absolute Gasteiger partial charge is 0.356 e. The Morgan fingerprint density at radius 1 is 1.67 bits per heavy atom. The van der Waals surface area contributed by atoms with Gasteiger partial charge in [-0.1, -0.05) is 0 Å². The minimum Gasteiger partial charge on any atom is -0.476 e. The molecular formula is C7H10N2O3. The summed E-state index contributed by atoms with van der Waals surface area (Å²) >= 11 is 0. The van der Waals surface area contributed by atoms with Gasteiger partial charge in [-0.25, -0.2) is 4.79 Å². The van der Waals surface area contributed by atoms with E-state index < -0.39 is 5.97 Å². The number of carboxylic acids is 1. The third-order valence-electron chi connectivity index (χ3n) is 1.41. The second-order valence-electron chi connectivity index (χ2n) is 2.35. The minimum absolute atomic E-state index is 0.0351. The van der Waals surface area contributed by atoms with Gasteiger partial charge in [0.25, 0.3) is 0 Å². The fourth-order valence-corrected chi connectivity index (χ4v) is 0.833. The Morgan fingerprint density at radius 2 is 2.42 bits per heavy atom. The van der Waals surface area contributed by atoms with Crippen LogP contribution in [0, 0.1) is 0 Å². The van der Waals surface area contributed by atoms with E-state index in [1.807, 2.05) is 0 Å². The topological polar surface area (TPSA) is 75.3 Å². The predicted molar refractivity (Wildman–Crippen MR) is 40.9 cm³/mol. The van der Waals surface area contributed by atoms with Crippen molar-refractivity contribution in [3.63, 3.8) is 0 Å². The highest BCUT2D eigenvalue weighted by Crippen LogP contribution is 1.96. The molecule has 0 saturated carbocycles. The predicted octanol–water partition coefficient (Wildman–Crippen LogP) is -0.0363. The molecule has 1 aromatic rings. The van der Waals surface area contributed by atoms with E-state index in [0.717, 1.165) is 0 Å². The number of aromatic carboxylic acids is 1. The van der Waals surface area contributed by atoms with Crippen LogP contribution in [-0.4, -0.2) is 32.6 Å². The zero-order chi connectivity index (χ0) is 8.97. The molecule has 0 amide bonds. The number of hydrogen-bond acceptors (Lipinski definition) is 3. The van der Waals surface area contributed by atoms with E-state index in [1.54, 1.807) is 6.20 Å². The summed E-state index contributed by atoms with van der Waals surface area (Å²) in [7, 11) is 0. The largest absolute Gasteiger partial charge is 0.476 e. The molecule has 0 aromatic carbocycles. The van der Waals surface area contributed by atoms with Gasteiger partial charge in [-0.3, -0.25) is 4.68 Å². The second kappa shape index (κ2) is 3.87. The van der Waals surface area contributed by atoms with Crippen LogP contribution in [0.2, 0.25) is 0 Å². The number of rotatable bonds is 4. The summed E-state index contributed by atoms with van der Waals surface area (Å²) in [4.78, 5) is 10.4. The molecule has 5 heteroatoms. The molecule has 0 bridgehead atoms. The van der Waals surface area contributed by atoms with E-state index in [9.17, 15) is 4.79 Å². The molecular weight excluding hydrogens is 160 g/mol. The van der Waals surface area contributed by atoms with Crippen molar-refractivity contribution in [3.8, 4) is 0 Å². The molecule has 0 aliphatic carbocycles. The van der Waals surface area contributed by atoms with Crippen molar-refractivity contribution in [3.05, 3.63) is 18.0 Å². The van der Waals surface area contributed by atoms with Crippen LogP contribution in [-0.2, 0) is 6.54 Å². The molecule has 0 spiro atoms. The Labute approximate surface area is 69.2 Å². The molecule has 12 heavy (non-hydrogen) atoms. The van der Waals surface area contributed by atoms with Crippen LogP contribution in [0.1, 0.15) is 16.9 Å². The molecule has 1 aromatic heterocycles. The molecule has 0 fully saturated rings. The fraction of sp³-hybridized carbons (Fsp3) is 0.429. The van der Waals surface area contributed by atoms with Crippen LogP contribution in [0.3, 0.4) is 0 Å². The lowest BCUT2D eigenvalue weighted by Crippen LogP contribution is -2.03. The number of carboxylic acid groups (broad SMARTS) is 1. The number of aryl methyl sites for hydroxylation is 1. The van der Waals surface area contributed by atoms with E-state index >= 15 is 0 Å². The van der Waals surface area contributed by atoms with Gasteiger partial charge in [-0.15, -0.1) is 0 Å². The van der Waals surface area contributed by atoms with Gasteiger partial charge in [0.2, 0.25) is 0 Å². The Bertz CT molecular complexity index is 269. The summed E-state index contributed by atoms with van der Waals surface area (Å²) in [5, 5.41) is 20.7. The van der Waals surface area contributed by atoms with Crippen molar-refractivity contribution in [1.82, 2.24) is 9.78 Å². The number of aliphatic hydroxyl groups is 1. The molecule has 66 valence electrons. The minimum atomic E-state index is -1.03. The first-order valence-corrected chi connectivity index (χ1v) is 3.61. The SMILES string of the molecule is O=C(O)c1ccn(CCCO)n1. The highest BCUT2D eigenvalue weighted by atomic mass is 16.4. The molecule has 0 unspecified atom stereocenters. The first kappa shape index (κ1) is 8.73. The zero-order valence-corrected chi connectivity index (χ0v) is 6.47. The molecule has 5 nitrogen and oxygen atoms in total. The first-order chi connectivity index (χ1) is 5.74. The Hall–Kier alpha value is -1.36. The van der Waals surface area contributed by atoms with E-state index in [1.165, 1.54) is 10.7 Å². The van der Waals surface area contributed by atoms with Gasteiger partial charge < -0.3 is 10.2 Å². The van der Waals surface area contributed by atoms with Crippen LogP contribution >= 0.6 is 0 Å². The number of aliphatic hydroxyl groups excluding tert-OH is 1. The van der Waals surface area contributed by atoms with Gasteiger partial charge in [0, 0.05) is 19.3 Å². The van der Waals surface area contributed by atoms with E-state index in [0.29, 0.717) is 13.0 Å². The van der Waals surface area contributed by atoms with Crippen molar-refractivity contribution < 1.29 is 15.0 Å².